The van der Waals surface area contributed by atoms with Crippen molar-refractivity contribution in [1.29, 1.82) is 0 Å². The minimum absolute atomic E-state index is 0.0137. The molecular formula is C14H19Br4O4P. The second-order valence-electron chi connectivity index (χ2n) is 4.84. The Morgan fingerprint density at radius 1 is 1.04 bits per heavy atom. The molecule has 3 unspecified atom stereocenters. The molecule has 3 atom stereocenters. The lowest BCUT2D eigenvalue weighted by Gasteiger charge is -2.21. The average Bonchev–Trinajstić information content (AvgIpc) is 2.54. The zero-order valence-electron chi connectivity index (χ0n) is 12.3. The monoisotopic (exact) mass is 598 g/mol. The lowest BCUT2D eigenvalue weighted by molar-refractivity contribution is 0.209. The van der Waals surface area contributed by atoms with E-state index in [0.717, 1.165) is 5.56 Å². The molecule has 0 spiro atoms. The maximum atomic E-state index is 12.9. The lowest BCUT2D eigenvalue weighted by atomic mass is 10.2. The summed E-state index contributed by atoms with van der Waals surface area (Å²) in [5.41, 5.74) is 1.00. The van der Waals surface area contributed by atoms with E-state index in [2.05, 4.69) is 63.7 Å². The summed E-state index contributed by atoms with van der Waals surface area (Å²) in [6.07, 6.45) is 0.904. The molecule has 0 fully saturated rings. The van der Waals surface area contributed by atoms with Crippen LogP contribution in [0.3, 0.4) is 0 Å². The first kappa shape index (κ1) is 22.1. The molecule has 0 aliphatic heterocycles. The summed E-state index contributed by atoms with van der Waals surface area (Å²) >= 11 is 13.6. The maximum Gasteiger partial charge on any atom is 0.331 e. The third-order valence-electron chi connectivity index (χ3n) is 2.82. The predicted octanol–water partition coefficient (Wildman–Crippen LogP) is 5.48. The number of halogens is 4. The zero-order valence-corrected chi connectivity index (χ0v) is 19.6. The lowest BCUT2D eigenvalue weighted by Crippen LogP contribution is -2.16. The molecular weight excluding hydrogens is 583 g/mol. The van der Waals surface area contributed by atoms with Crippen molar-refractivity contribution in [2.24, 2.45) is 0 Å². The summed E-state index contributed by atoms with van der Waals surface area (Å²) in [4.78, 5) is 0.0917. The first-order chi connectivity index (χ1) is 10.9. The fourth-order valence-electron chi connectivity index (χ4n) is 1.64. The van der Waals surface area contributed by atoms with Crippen molar-refractivity contribution < 1.29 is 18.7 Å². The SMILES string of the molecule is O=P(CC(Br)CBr)(OCCc1ccc(O)cc1)OCC(Br)CBr. The van der Waals surface area contributed by atoms with Crippen molar-refractivity contribution in [3.63, 3.8) is 0 Å². The Morgan fingerprint density at radius 3 is 2.22 bits per heavy atom. The molecule has 9 heteroatoms. The Labute approximate surface area is 170 Å². The number of hydrogen-bond acceptors (Lipinski definition) is 4. The number of hydrogen-bond donors (Lipinski definition) is 1. The minimum atomic E-state index is -3.18. The van der Waals surface area contributed by atoms with Gasteiger partial charge in [-0.05, 0) is 24.1 Å². The molecule has 132 valence electrons. The van der Waals surface area contributed by atoms with E-state index >= 15 is 0 Å². The van der Waals surface area contributed by atoms with Gasteiger partial charge in [0.15, 0.2) is 0 Å². The number of aromatic hydroxyl groups is 1. The van der Waals surface area contributed by atoms with E-state index in [1.165, 1.54) is 0 Å². The molecule has 0 aliphatic carbocycles. The fraction of sp³-hybridized carbons (Fsp3) is 0.571. The molecule has 23 heavy (non-hydrogen) atoms. The molecule has 0 aromatic heterocycles. The van der Waals surface area contributed by atoms with Gasteiger partial charge >= 0.3 is 7.60 Å². The predicted molar refractivity (Wildman–Crippen MR) is 109 cm³/mol. The van der Waals surface area contributed by atoms with Crippen LogP contribution in [0, 0.1) is 0 Å². The quantitative estimate of drug-likeness (QED) is 0.270. The Balaban J connectivity index is 2.57. The molecule has 1 aromatic rings. The van der Waals surface area contributed by atoms with E-state index in [4.69, 9.17) is 9.05 Å². The maximum absolute atomic E-state index is 12.9. The van der Waals surface area contributed by atoms with Crippen LogP contribution in [0.1, 0.15) is 5.56 Å². The van der Waals surface area contributed by atoms with Crippen molar-refractivity contribution >= 4 is 71.3 Å². The molecule has 0 heterocycles. The topological polar surface area (TPSA) is 55.8 Å². The summed E-state index contributed by atoms with van der Waals surface area (Å²) in [5, 5.41) is 10.6. The van der Waals surface area contributed by atoms with Gasteiger partial charge in [-0.25, -0.2) is 0 Å². The van der Waals surface area contributed by atoms with Crippen LogP contribution >= 0.6 is 71.3 Å². The van der Waals surface area contributed by atoms with Gasteiger partial charge < -0.3 is 14.2 Å². The number of benzene rings is 1. The molecule has 1 N–H and O–H groups in total. The van der Waals surface area contributed by atoms with Gasteiger partial charge in [-0.3, -0.25) is 4.57 Å². The van der Waals surface area contributed by atoms with Crippen molar-refractivity contribution in [3.05, 3.63) is 29.8 Å². The highest BCUT2D eigenvalue weighted by molar-refractivity contribution is 9.12. The van der Waals surface area contributed by atoms with Crippen molar-refractivity contribution in [1.82, 2.24) is 0 Å². The first-order valence-electron chi connectivity index (χ1n) is 6.94. The average molecular weight is 602 g/mol. The normalized spacial score (nSPS) is 16.7. The zero-order chi connectivity index (χ0) is 17.3. The molecule has 1 rings (SSSR count). The van der Waals surface area contributed by atoms with Gasteiger partial charge in [0.2, 0.25) is 0 Å². The van der Waals surface area contributed by atoms with Crippen LogP contribution in [0.4, 0.5) is 0 Å². The van der Waals surface area contributed by atoms with Gasteiger partial charge in [-0.2, -0.15) is 0 Å². The van der Waals surface area contributed by atoms with Crippen LogP contribution in [0.15, 0.2) is 24.3 Å². The van der Waals surface area contributed by atoms with Gasteiger partial charge in [-0.1, -0.05) is 75.9 Å². The number of rotatable bonds is 11. The second-order valence-corrected chi connectivity index (χ2v) is 10.8. The highest BCUT2D eigenvalue weighted by atomic mass is 79.9. The Morgan fingerprint density at radius 2 is 1.65 bits per heavy atom. The van der Waals surface area contributed by atoms with E-state index in [9.17, 15) is 9.67 Å². The van der Waals surface area contributed by atoms with Gasteiger partial charge in [0.25, 0.3) is 0 Å². The van der Waals surface area contributed by atoms with Gasteiger partial charge in [0.05, 0.1) is 19.4 Å². The van der Waals surface area contributed by atoms with Crippen molar-refractivity contribution in [3.8, 4) is 5.75 Å². The molecule has 0 saturated carbocycles. The molecule has 1 aromatic carbocycles. The molecule has 4 nitrogen and oxygen atoms in total. The van der Waals surface area contributed by atoms with Crippen LogP contribution in [0.2, 0.25) is 0 Å². The third-order valence-corrected chi connectivity index (χ3v) is 9.87. The summed E-state index contributed by atoms with van der Waals surface area (Å²) in [6.45, 7) is 0.606. The molecule has 0 bridgehead atoms. The molecule has 0 radical (unpaired) electrons. The summed E-state index contributed by atoms with van der Waals surface area (Å²) in [5.74, 6) is 0.223. The van der Waals surface area contributed by atoms with Crippen LogP contribution in [0.5, 0.6) is 5.75 Å². The highest BCUT2D eigenvalue weighted by Crippen LogP contribution is 2.50. The van der Waals surface area contributed by atoms with E-state index in [1.54, 1.807) is 12.1 Å². The Hall–Kier alpha value is 1.09. The van der Waals surface area contributed by atoms with Gasteiger partial charge in [-0.15, -0.1) is 0 Å². The van der Waals surface area contributed by atoms with Gasteiger partial charge in [0.1, 0.15) is 5.75 Å². The Kier molecular flexibility index (Phi) is 11.2. The fourth-order valence-corrected chi connectivity index (χ4v) is 5.48. The van der Waals surface area contributed by atoms with Crippen LogP contribution in [-0.4, -0.2) is 44.8 Å². The minimum Gasteiger partial charge on any atom is -0.508 e. The standard InChI is InChI=1S/C14H19Br4O4P/c15-7-12(17)9-22-23(20,10-13(18)8-16)21-6-5-11-1-3-14(19)4-2-11/h1-4,12-13,19H,5-10H2. The third kappa shape index (κ3) is 9.38. The van der Waals surface area contributed by atoms with E-state index in [0.29, 0.717) is 36.5 Å². The van der Waals surface area contributed by atoms with Crippen molar-refractivity contribution in [2.45, 2.75) is 16.1 Å². The summed E-state index contributed by atoms with van der Waals surface area (Å²) in [6, 6.07) is 6.87. The van der Waals surface area contributed by atoms with Gasteiger partial charge in [0, 0.05) is 20.3 Å². The summed E-state index contributed by atoms with van der Waals surface area (Å²) in [7, 11) is -3.18. The first-order valence-corrected chi connectivity index (χ1v) is 12.7. The van der Waals surface area contributed by atoms with Crippen LogP contribution < -0.4 is 0 Å². The van der Waals surface area contributed by atoms with Crippen LogP contribution in [-0.2, 0) is 20.0 Å². The summed E-state index contributed by atoms with van der Waals surface area (Å²) < 4.78 is 24.1. The Bertz CT molecular complexity index is 500. The van der Waals surface area contributed by atoms with E-state index in [1.807, 2.05) is 12.1 Å². The molecule has 0 aliphatic rings. The van der Waals surface area contributed by atoms with E-state index < -0.39 is 7.60 Å². The molecule has 0 saturated heterocycles. The smallest absolute Gasteiger partial charge is 0.331 e. The number of phenolic OH excluding ortho intramolecular Hbond substituents is 1. The highest BCUT2D eigenvalue weighted by Gasteiger charge is 2.28. The van der Waals surface area contributed by atoms with E-state index in [-0.39, 0.29) is 15.4 Å². The van der Waals surface area contributed by atoms with Crippen molar-refractivity contribution in [2.75, 3.05) is 30.0 Å². The second kappa shape index (κ2) is 11.7. The number of phenols is 1. The van der Waals surface area contributed by atoms with Crippen LogP contribution in [0.25, 0.3) is 0 Å². The number of alkyl halides is 4. The largest absolute Gasteiger partial charge is 0.508 e. The molecule has 0 amide bonds.